The molecule has 2 aromatic heterocycles. The van der Waals surface area contributed by atoms with Crippen LogP contribution in [-0.2, 0) is 12.1 Å². The van der Waals surface area contributed by atoms with Crippen LogP contribution >= 0.6 is 0 Å². The number of rotatable bonds is 4. The standard InChI is InChI=1S/C25H21N5O5/c31-17-11-25(12-17,27-24(33)34)16-8-6-15(7-9-16)21-18(14-4-2-1-3-5-14)10-19-22(26-21)35-13-20-28-29-23(32)30(19)20/h1-10,17,27,31H,11-13H2,(H,29,32)(H,33,34). The second-order valence-electron chi connectivity index (χ2n) is 8.80. The SMILES string of the molecule is O=C(O)NC1(c2ccc(-c3nc4c(cc3-c3ccccc3)-n3c(n[nH]c3=O)CO4)cc2)CC(O)C1. The van der Waals surface area contributed by atoms with E-state index in [0.29, 0.717) is 35.9 Å². The number of nitrogens with zero attached hydrogens (tertiary/aromatic N) is 3. The molecule has 1 aliphatic heterocycles. The van der Waals surface area contributed by atoms with Crippen molar-refractivity contribution in [3.8, 4) is 34.0 Å². The maximum atomic E-state index is 12.4. The summed E-state index contributed by atoms with van der Waals surface area (Å²) in [4.78, 5) is 28.5. The molecule has 35 heavy (non-hydrogen) atoms. The van der Waals surface area contributed by atoms with Crippen molar-refractivity contribution in [1.82, 2.24) is 25.1 Å². The zero-order valence-electron chi connectivity index (χ0n) is 18.4. The monoisotopic (exact) mass is 471 g/mol. The maximum absolute atomic E-state index is 12.4. The number of aromatic amines is 1. The number of benzene rings is 2. The number of nitrogens with one attached hydrogen (secondary N) is 2. The molecule has 2 aliphatic rings. The van der Waals surface area contributed by atoms with Crippen molar-refractivity contribution < 1.29 is 19.7 Å². The van der Waals surface area contributed by atoms with E-state index in [0.717, 1.165) is 22.3 Å². The van der Waals surface area contributed by atoms with E-state index in [4.69, 9.17) is 9.72 Å². The third-order valence-corrected chi connectivity index (χ3v) is 6.60. The van der Waals surface area contributed by atoms with Gasteiger partial charge in [0, 0.05) is 24.0 Å². The Morgan fingerprint density at radius 1 is 1.11 bits per heavy atom. The first-order chi connectivity index (χ1) is 16.9. The van der Waals surface area contributed by atoms with E-state index in [2.05, 4.69) is 15.5 Å². The predicted octanol–water partition coefficient (Wildman–Crippen LogP) is 2.80. The molecule has 3 heterocycles. The van der Waals surface area contributed by atoms with Gasteiger partial charge in [-0.05, 0) is 17.2 Å². The van der Waals surface area contributed by atoms with Gasteiger partial charge in [0.2, 0.25) is 5.88 Å². The topological polar surface area (TPSA) is 142 Å². The van der Waals surface area contributed by atoms with Crippen molar-refractivity contribution in [3.05, 3.63) is 82.5 Å². The summed E-state index contributed by atoms with van der Waals surface area (Å²) in [6.07, 6.45) is -1.03. The summed E-state index contributed by atoms with van der Waals surface area (Å²) in [5.41, 5.74) is 3.30. The van der Waals surface area contributed by atoms with Gasteiger partial charge in [0.1, 0.15) is 5.69 Å². The molecule has 6 rings (SSSR count). The molecular weight excluding hydrogens is 450 g/mol. The zero-order chi connectivity index (χ0) is 24.2. The highest BCUT2D eigenvalue weighted by molar-refractivity contribution is 5.83. The van der Waals surface area contributed by atoms with Gasteiger partial charge in [0.15, 0.2) is 12.4 Å². The third kappa shape index (κ3) is 3.46. The fourth-order valence-electron chi connectivity index (χ4n) is 4.92. The van der Waals surface area contributed by atoms with E-state index in [1.807, 2.05) is 60.7 Å². The first-order valence-corrected chi connectivity index (χ1v) is 11.1. The number of hydrogen-bond acceptors (Lipinski definition) is 6. The van der Waals surface area contributed by atoms with Crippen molar-refractivity contribution in [2.24, 2.45) is 0 Å². The molecule has 0 radical (unpaired) electrons. The molecule has 2 aromatic carbocycles. The molecule has 0 bridgehead atoms. The van der Waals surface area contributed by atoms with Gasteiger partial charge < -0.3 is 20.3 Å². The summed E-state index contributed by atoms with van der Waals surface area (Å²) in [6, 6.07) is 19.0. The smallest absolute Gasteiger partial charge is 0.405 e. The molecule has 1 amide bonds. The second-order valence-corrected chi connectivity index (χ2v) is 8.80. The van der Waals surface area contributed by atoms with Gasteiger partial charge >= 0.3 is 11.8 Å². The lowest BCUT2D eigenvalue weighted by atomic mass is 9.69. The van der Waals surface area contributed by atoms with Crippen molar-refractivity contribution in [2.75, 3.05) is 0 Å². The number of aliphatic hydroxyl groups excluding tert-OH is 1. The van der Waals surface area contributed by atoms with Crippen LogP contribution in [0.1, 0.15) is 24.2 Å². The number of amides is 1. The lowest BCUT2D eigenvalue weighted by Crippen LogP contribution is -2.56. The summed E-state index contributed by atoms with van der Waals surface area (Å²) in [5, 5.41) is 28.2. The molecular formula is C25H21N5O5. The van der Waals surface area contributed by atoms with Gasteiger partial charge in [-0.2, -0.15) is 5.10 Å². The second kappa shape index (κ2) is 7.81. The molecule has 1 aliphatic carbocycles. The number of aromatic nitrogens is 4. The first-order valence-electron chi connectivity index (χ1n) is 11.1. The number of pyridine rings is 1. The molecule has 10 nitrogen and oxygen atoms in total. The molecule has 10 heteroatoms. The number of fused-ring (bicyclic) bond motifs is 3. The number of carbonyl (C=O) groups is 1. The van der Waals surface area contributed by atoms with E-state index >= 15 is 0 Å². The number of H-pyrrole nitrogens is 1. The Labute approximate surface area is 198 Å². The third-order valence-electron chi connectivity index (χ3n) is 6.60. The molecule has 0 atom stereocenters. The van der Waals surface area contributed by atoms with E-state index in [9.17, 15) is 19.8 Å². The molecule has 0 saturated heterocycles. The van der Waals surface area contributed by atoms with Crippen LogP contribution in [0.3, 0.4) is 0 Å². The minimum absolute atomic E-state index is 0.119. The lowest BCUT2D eigenvalue weighted by molar-refractivity contribution is 0.00172. The molecule has 0 unspecified atom stereocenters. The van der Waals surface area contributed by atoms with E-state index in [1.54, 1.807) is 0 Å². The van der Waals surface area contributed by atoms with Crippen LogP contribution in [-0.4, -0.2) is 42.2 Å². The van der Waals surface area contributed by atoms with Gasteiger partial charge in [-0.1, -0.05) is 54.6 Å². The highest BCUT2D eigenvalue weighted by Gasteiger charge is 2.46. The molecule has 1 saturated carbocycles. The number of aliphatic hydroxyl groups is 1. The van der Waals surface area contributed by atoms with Crippen LogP contribution in [0.4, 0.5) is 4.79 Å². The van der Waals surface area contributed by atoms with Gasteiger partial charge in [-0.25, -0.2) is 24.2 Å². The quantitative estimate of drug-likeness (QED) is 0.358. The Morgan fingerprint density at radius 2 is 1.86 bits per heavy atom. The van der Waals surface area contributed by atoms with Crippen molar-refractivity contribution in [1.29, 1.82) is 0 Å². The van der Waals surface area contributed by atoms with Crippen LogP contribution in [0.15, 0.2) is 65.5 Å². The minimum Gasteiger partial charge on any atom is -0.468 e. The highest BCUT2D eigenvalue weighted by atomic mass is 16.5. The van der Waals surface area contributed by atoms with Crippen LogP contribution in [0.5, 0.6) is 5.88 Å². The number of ether oxygens (including phenoxy) is 1. The normalized spacial score (nSPS) is 20.2. The summed E-state index contributed by atoms with van der Waals surface area (Å²) in [6.45, 7) is 0.119. The van der Waals surface area contributed by atoms with Gasteiger partial charge in [0.05, 0.1) is 17.3 Å². The Hall–Kier alpha value is -4.44. The largest absolute Gasteiger partial charge is 0.468 e. The van der Waals surface area contributed by atoms with E-state index < -0.39 is 17.7 Å². The van der Waals surface area contributed by atoms with Crippen molar-refractivity contribution in [3.63, 3.8) is 0 Å². The van der Waals surface area contributed by atoms with Crippen LogP contribution in [0, 0.1) is 0 Å². The van der Waals surface area contributed by atoms with Crippen LogP contribution in [0.2, 0.25) is 0 Å². The summed E-state index contributed by atoms with van der Waals surface area (Å²) in [5.74, 6) is 0.796. The summed E-state index contributed by atoms with van der Waals surface area (Å²) < 4.78 is 7.29. The molecule has 1 fully saturated rings. The average molecular weight is 471 g/mol. The maximum Gasteiger partial charge on any atom is 0.405 e. The molecule has 4 N–H and O–H groups in total. The lowest BCUT2D eigenvalue weighted by Gasteiger charge is -2.45. The van der Waals surface area contributed by atoms with Gasteiger partial charge in [-0.3, -0.25) is 0 Å². The number of hydrogen-bond donors (Lipinski definition) is 4. The average Bonchev–Trinajstić information content (AvgIpc) is 3.23. The molecule has 176 valence electrons. The van der Waals surface area contributed by atoms with Crippen molar-refractivity contribution >= 4 is 6.09 Å². The van der Waals surface area contributed by atoms with E-state index in [1.165, 1.54) is 4.57 Å². The minimum atomic E-state index is -1.13. The Bertz CT molecular complexity index is 1490. The van der Waals surface area contributed by atoms with Crippen LogP contribution in [0.25, 0.3) is 28.1 Å². The summed E-state index contributed by atoms with van der Waals surface area (Å²) in [7, 11) is 0. The predicted molar refractivity (Wildman–Crippen MR) is 125 cm³/mol. The molecule has 0 spiro atoms. The first kappa shape index (κ1) is 21.1. The van der Waals surface area contributed by atoms with Crippen molar-refractivity contribution in [2.45, 2.75) is 31.1 Å². The Balaban J connectivity index is 1.47. The van der Waals surface area contributed by atoms with Gasteiger partial charge in [-0.15, -0.1) is 0 Å². The molecule has 4 aromatic rings. The number of carboxylic acid groups (broad SMARTS) is 1. The highest BCUT2D eigenvalue weighted by Crippen LogP contribution is 2.43. The van der Waals surface area contributed by atoms with Crippen LogP contribution < -0.4 is 15.7 Å². The Kier molecular flexibility index (Phi) is 4.71. The van der Waals surface area contributed by atoms with Gasteiger partial charge in [0.25, 0.3) is 0 Å². The van der Waals surface area contributed by atoms with E-state index in [-0.39, 0.29) is 12.3 Å². The Morgan fingerprint density at radius 3 is 2.54 bits per heavy atom. The fraction of sp³-hybridized carbons (Fsp3) is 0.200. The fourth-order valence-corrected chi connectivity index (χ4v) is 4.92. The zero-order valence-corrected chi connectivity index (χ0v) is 18.4. The summed E-state index contributed by atoms with van der Waals surface area (Å²) >= 11 is 0.